The number of rotatable bonds is 6. The summed E-state index contributed by atoms with van der Waals surface area (Å²) in [6.07, 6.45) is 3.98. The number of hydrogen-bond donors (Lipinski definition) is 1. The van der Waals surface area contributed by atoms with E-state index in [9.17, 15) is 4.79 Å². The molecule has 0 aliphatic carbocycles. The lowest BCUT2D eigenvalue weighted by Gasteiger charge is -2.15. The van der Waals surface area contributed by atoms with Gasteiger partial charge in [0.25, 0.3) is 0 Å². The van der Waals surface area contributed by atoms with Gasteiger partial charge in [-0.15, -0.1) is 0 Å². The van der Waals surface area contributed by atoms with Gasteiger partial charge in [-0.2, -0.15) is 0 Å². The van der Waals surface area contributed by atoms with Crippen LogP contribution in [0.15, 0.2) is 0 Å². The van der Waals surface area contributed by atoms with E-state index in [2.05, 4.69) is 6.92 Å². The summed E-state index contributed by atoms with van der Waals surface area (Å²) >= 11 is 0. The number of amides is 1. The first-order valence-electron chi connectivity index (χ1n) is 4.66. The molecule has 0 aromatic heterocycles. The lowest BCUT2D eigenvalue weighted by atomic mass is 10.2. The number of nitrogens with two attached hydrogens (primary N) is 1. The Kier molecular flexibility index (Phi) is 6.76. The van der Waals surface area contributed by atoms with E-state index >= 15 is 0 Å². The van der Waals surface area contributed by atoms with Gasteiger partial charge in [0.1, 0.15) is 0 Å². The summed E-state index contributed by atoms with van der Waals surface area (Å²) in [6, 6.07) is 0. The smallest absolute Gasteiger partial charge is 0.222 e. The number of carbonyl (C=O) groups is 1. The van der Waals surface area contributed by atoms with Crippen LogP contribution in [0, 0.1) is 0 Å². The Morgan fingerprint density at radius 1 is 1.42 bits per heavy atom. The maximum atomic E-state index is 11.3. The molecule has 0 unspecified atom stereocenters. The zero-order valence-electron chi connectivity index (χ0n) is 8.18. The first-order valence-corrected chi connectivity index (χ1v) is 4.66. The SMILES string of the molecule is CCCCCC(=O)N(C)CCN. The summed E-state index contributed by atoms with van der Waals surface area (Å²) in [6.45, 7) is 3.36. The fraction of sp³-hybridized carbons (Fsp3) is 0.889. The highest BCUT2D eigenvalue weighted by atomic mass is 16.2. The zero-order valence-corrected chi connectivity index (χ0v) is 8.18. The first-order chi connectivity index (χ1) is 5.72. The van der Waals surface area contributed by atoms with Crippen LogP contribution >= 0.6 is 0 Å². The second kappa shape index (κ2) is 7.10. The van der Waals surface area contributed by atoms with E-state index in [-0.39, 0.29) is 5.91 Å². The Labute approximate surface area is 74.9 Å². The van der Waals surface area contributed by atoms with Crippen molar-refractivity contribution in [2.45, 2.75) is 32.6 Å². The molecule has 0 aromatic carbocycles. The lowest BCUT2D eigenvalue weighted by molar-refractivity contribution is -0.129. The molecule has 3 heteroatoms. The summed E-state index contributed by atoms with van der Waals surface area (Å²) in [5.41, 5.74) is 5.33. The summed E-state index contributed by atoms with van der Waals surface area (Å²) in [5.74, 6) is 0.217. The molecule has 2 N–H and O–H groups in total. The molecule has 72 valence electrons. The molecule has 0 bridgehead atoms. The van der Waals surface area contributed by atoms with Crippen LogP contribution in [-0.2, 0) is 4.79 Å². The van der Waals surface area contributed by atoms with Crippen LogP contribution in [0.2, 0.25) is 0 Å². The minimum absolute atomic E-state index is 0.217. The maximum Gasteiger partial charge on any atom is 0.222 e. The van der Waals surface area contributed by atoms with Gasteiger partial charge < -0.3 is 10.6 Å². The van der Waals surface area contributed by atoms with Gasteiger partial charge in [0.15, 0.2) is 0 Å². The molecular formula is C9H20N2O. The van der Waals surface area contributed by atoms with Crippen molar-refractivity contribution < 1.29 is 4.79 Å². The first kappa shape index (κ1) is 11.4. The molecule has 1 amide bonds. The van der Waals surface area contributed by atoms with Crippen molar-refractivity contribution in [2.75, 3.05) is 20.1 Å². The number of nitrogens with zero attached hydrogens (tertiary/aromatic N) is 1. The van der Waals surface area contributed by atoms with Gasteiger partial charge in [-0.3, -0.25) is 4.79 Å². The van der Waals surface area contributed by atoms with Gasteiger partial charge in [-0.1, -0.05) is 19.8 Å². The van der Waals surface area contributed by atoms with Crippen molar-refractivity contribution >= 4 is 5.91 Å². The highest BCUT2D eigenvalue weighted by Gasteiger charge is 2.05. The highest BCUT2D eigenvalue weighted by molar-refractivity contribution is 5.75. The minimum atomic E-state index is 0.217. The van der Waals surface area contributed by atoms with Crippen molar-refractivity contribution in [3.63, 3.8) is 0 Å². The third kappa shape index (κ3) is 5.13. The predicted octanol–water partition coefficient (Wildman–Crippen LogP) is 0.984. The van der Waals surface area contributed by atoms with Crippen LogP contribution in [-0.4, -0.2) is 30.9 Å². The van der Waals surface area contributed by atoms with Gasteiger partial charge in [-0.25, -0.2) is 0 Å². The maximum absolute atomic E-state index is 11.3. The molecular weight excluding hydrogens is 152 g/mol. The molecule has 12 heavy (non-hydrogen) atoms. The molecule has 0 aromatic rings. The Hall–Kier alpha value is -0.570. The molecule has 0 saturated carbocycles. The van der Waals surface area contributed by atoms with Crippen LogP contribution < -0.4 is 5.73 Å². The standard InChI is InChI=1S/C9H20N2O/c1-3-4-5-6-9(12)11(2)8-7-10/h3-8,10H2,1-2H3. The monoisotopic (exact) mass is 172 g/mol. The van der Waals surface area contributed by atoms with Crippen LogP contribution in [0.5, 0.6) is 0 Å². The summed E-state index contributed by atoms with van der Waals surface area (Å²) in [7, 11) is 1.81. The molecule has 0 aliphatic heterocycles. The fourth-order valence-corrected chi connectivity index (χ4v) is 1.04. The third-order valence-electron chi connectivity index (χ3n) is 1.88. The van der Waals surface area contributed by atoms with E-state index in [0.29, 0.717) is 19.5 Å². The summed E-state index contributed by atoms with van der Waals surface area (Å²) in [5, 5.41) is 0. The Bertz CT molecular complexity index is 126. The molecule has 0 rings (SSSR count). The van der Waals surface area contributed by atoms with E-state index in [1.54, 1.807) is 11.9 Å². The molecule has 0 atom stereocenters. The zero-order chi connectivity index (χ0) is 9.40. The molecule has 3 nitrogen and oxygen atoms in total. The van der Waals surface area contributed by atoms with Crippen LogP contribution in [0.25, 0.3) is 0 Å². The average Bonchev–Trinajstić information content (AvgIpc) is 2.05. The van der Waals surface area contributed by atoms with Crippen LogP contribution in [0.4, 0.5) is 0 Å². The van der Waals surface area contributed by atoms with E-state index in [1.165, 1.54) is 0 Å². The van der Waals surface area contributed by atoms with Crippen molar-refractivity contribution in [2.24, 2.45) is 5.73 Å². The number of hydrogen-bond acceptors (Lipinski definition) is 2. The molecule has 0 aliphatic rings. The Morgan fingerprint density at radius 3 is 2.58 bits per heavy atom. The lowest BCUT2D eigenvalue weighted by Crippen LogP contribution is -2.31. The van der Waals surface area contributed by atoms with Gasteiger partial charge in [0.05, 0.1) is 0 Å². The normalized spacial score (nSPS) is 9.92. The van der Waals surface area contributed by atoms with Crippen LogP contribution in [0.3, 0.4) is 0 Å². The van der Waals surface area contributed by atoms with Gasteiger partial charge in [-0.05, 0) is 6.42 Å². The number of unbranched alkanes of at least 4 members (excludes halogenated alkanes) is 2. The minimum Gasteiger partial charge on any atom is -0.344 e. The molecule has 0 saturated heterocycles. The van der Waals surface area contributed by atoms with Gasteiger partial charge in [0.2, 0.25) is 5.91 Å². The number of carbonyl (C=O) groups excluding carboxylic acids is 1. The Morgan fingerprint density at radius 2 is 2.08 bits per heavy atom. The third-order valence-corrected chi connectivity index (χ3v) is 1.88. The Balaban J connectivity index is 3.43. The molecule has 0 heterocycles. The number of likely N-dealkylation sites (N-methyl/N-ethyl adjacent to an activating group) is 1. The van der Waals surface area contributed by atoms with Crippen molar-refractivity contribution in [3.8, 4) is 0 Å². The highest BCUT2D eigenvalue weighted by Crippen LogP contribution is 2.01. The summed E-state index contributed by atoms with van der Waals surface area (Å²) < 4.78 is 0. The van der Waals surface area contributed by atoms with Crippen molar-refractivity contribution in [1.82, 2.24) is 4.90 Å². The second-order valence-corrected chi connectivity index (χ2v) is 3.06. The average molecular weight is 172 g/mol. The topological polar surface area (TPSA) is 46.3 Å². The quantitative estimate of drug-likeness (QED) is 0.607. The predicted molar refractivity (Wildman–Crippen MR) is 50.8 cm³/mol. The largest absolute Gasteiger partial charge is 0.344 e. The van der Waals surface area contributed by atoms with Crippen molar-refractivity contribution in [3.05, 3.63) is 0 Å². The fourth-order valence-electron chi connectivity index (χ4n) is 1.04. The van der Waals surface area contributed by atoms with Crippen LogP contribution in [0.1, 0.15) is 32.6 Å². The van der Waals surface area contributed by atoms with E-state index in [1.807, 2.05) is 0 Å². The van der Waals surface area contributed by atoms with E-state index in [4.69, 9.17) is 5.73 Å². The molecule has 0 radical (unpaired) electrons. The van der Waals surface area contributed by atoms with E-state index in [0.717, 1.165) is 19.3 Å². The summed E-state index contributed by atoms with van der Waals surface area (Å²) in [4.78, 5) is 13.0. The van der Waals surface area contributed by atoms with Gasteiger partial charge >= 0.3 is 0 Å². The van der Waals surface area contributed by atoms with E-state index < -0.39 is 0 Å². The van der Waals surface area contributed by atoms with Gasteiger partial charge in [0, 0.05) is 26.6 Å². The second-order valence-electron chi connectivity index (χ2n) is 3.06. The molecule has 0 spiro atoms. The molecule has 0 fully saturated rings. The van der Waals surface area contributed by atoms with Crippen molar-refractivity contribution in [1.29, 1.82) is 0 Å².